The Labute approximate surface area is 245 Å². The van der Waals surface area contributed by atoms with Crippen molar-refractivity contribution >= 4 is 46.5 Å². The maximum atomic E-state index is 15.8. The molecule has 3 N–H and O–H groups in total. The maximum absolute atomic E-state index is 15.8. The van der Waals surface area contributed by atoms with E-state index in [1.165, 1.54) is 30.5 Å². The molecular formula is C30H25Cl2FN4O4. The van der Waals surface area contributed by atoms with Gasteiger partial charge in [0, 0.05) is 35.3 Å². The second kappa shape index (κ2) is 10.5. The highest BCUT2D eigenvalue weighted by atomic mass is 35.5. The minimum atomic E-state index is -1.49. The van der Waals surface area contributed by atoms with Crippen molar-refractivity contribution in [2.24, 2.45) is 5.41 Å². The average Bonchev–Trinajstić information content (AvgIpc) is 3.40. The first-order chi connectivity index (χ1) is 19.4. The molecule has 1 spiro atoms. The van der Waals surface area contributed by atoms with Crippen LogP contribution in [-0.2, 0) is 21.4 Å². The van der Waals surface area contributed by atoms with Gasteiger partial charge in [-0.25, -0.2) is 14.2 Å². The van der Waals surface area contributed by atoms with Crippen LogP contribution in [0.4, 0.5) is 10.1 Å². The lowest BCUT2D eigenvalue weighted by molar-refractivity contribution is -0.122. The van der Waals surface area contributed by atoms with Crippen molar-refractivity contribution in [2.45, 2.75) is 50.1 Å². The number of carboxylic acid groups (broad SMARTS) is 1. The summed E-state index contributed by atoms with van der Waals surface area (Å²) in [5.41, 5.74) is -1.07. The van der Waals surface area contributed by atoms with Gasteiger partial charge in [-0.05, 0) is 61.2 Å². The summed E-state index contributed by atoms with van der Waals surface area (Å²) in [7, 11) is 0. The Balaban J connectivity index is 1.70. The van der Waals surface area contributed by atoms with Gasteiger partial charge in [-0.2, -0.15) is 5.26 Å². The molecule has 0 bridgehead atoms. The number of Topliss-reactive ketones (excluding diaryl/α,β-unsaturated/α-hetero) is 1. The Morgan fingerprint density at radius 1 is 1.20 bits per heavy atom. The Bertz CT molecular complexity index is 1620. The number of nitrogens with one attached hydrogen (secondary N) is 2. The van der Waals surface area contributed by atoms with Crippen molar-refractivity contribution in [1.82, 2.24) is 10.3 Å². The van der Waals surface area contributed by atoms with Crippen LogP contribution in [0.15, 0.2) is 54.7 Å². The summed E-state index contributed by atoms with van der Waals surface area (Å²) in [6.45, 7) is 3.47. The van der Waals surface area contributed by atoms with Gasteiger partial charge in [-0.1, -0.05) is 47.5 Å². The number of nitrogens with zero attached hydrogens (tertiary/aromatic N) is 2. The quantitative estimate of drug-likeness (QED) is 0.338. The Kier molecular flexibility index (Phi) is 7.36. The zero-order valence-corrected chi connectivity index (χ0v) is 23.6. The lowest BCUT2D eigenvalue weighted by Gasteiger charge is -2.37. The number of carboxylic acids is 1. The van der Waals surface area contributed by atoms with Gasteiger partial charge in [0.1, 0.15) is 16.9 Å². The largest absolute Gasteiger partial charge is 0.477 e. The molecule has 8 nitrogen and oxygen atoms in total. The lowest BCUT2D eigenvalue weighted by atomic mass is 9.62. The number of rotatable bonds is 7. The van der Waals surface area contributed by atoms with E-state index in [0.29, 0.717) is 21.8 Å². The van der Waals surface area contributed by atoms with Gasteiger partial charge in [0.15, 0.2) is 5.78 Å². The summed E-state index contributed by atoms with van der Waals surface area (Å²) in [5.74, 6) is -3.82. The van der Waals surface area contributed by atoms with E-state index in [0.717, 1.165) is 0 Å². The fourth-order valence-corrected chi connectivity index (χ4v) is 6.47. The molecule has 210 valence electrons. The van der Waals surface area contributed by atoms with E-state index in [2.05, 4.69) is 21.7 Å². The Hall–Kier alpha value is -3.84. The van der Waals surface area contributed by atoms with E-state index in [-0.39, 0.29) is 34.9 Å². The fraction of sp³-hybridized carbons (Fsp3) is 0.300. The molecule has 1 saturated heterocycles. The first-order valence-electron chi connectivity index (χ1n) is 12.8. The molecule has 1 aromatic heterocycles. The van der Waals surface area contributed by atoms with Crippen molar-refractivity contribution in [2.75, 3.05) is 5.32 Å². The minimum absolute atomic E-state index is 0.0814. The molecule has 1 amide bonds. The van der Waals surface area contributed by atoms with Crippen LogP contribution in [0.5, 0.6) is 0 Å². The number of benzene rings is 2. The zero-order chi connectivity index (χ0) is 29.7. The molecule has 2 aromatic carbocycles. The highest BCUT2D eigenvalue weighted by Gasteiger charge is 2.66. The van der Waals surface area contributed by atoms with Gasteiger partial charge in [-0.3, -0.25) is 9.59 Å². The number of pyridine rings is 1. The second-order valence-electron chi connectivity index (χ2n) is 11.0. The van der Waals surface area contributed by atoms with Crippen molar-refractivity contribution in [3.05, 3.63) is 93.0 Å². The summed E-state index contributed by atoms with van der Waals surface area (Å²) in [6.07, 6.45) is 1.30. The summed E-state index contributed by atoms with van der Waals surface area (Å²) in [6, 6.07) is 12.6. The Morgan fingerprint density at radius 3 is 2.61 bits per heavy atom. The molecule has 2 aliphatic heterocycles. The first-order valence-corrected chi connectivity index (χ1v) is 13.6. The standard InChI is InChI=1S/C30H25Cl2FN4O4/c1-29(2,14-34)12-23-30(18-8-7-16(31)11-21(18)36-28(30)41)24(17-4-3-5-19(32)25(17)33)26(37-23)22(38)10-15-6-9-20(27(39)40)35-13-15/h3-9,11,13,23-24,26,37H,10,12H2,1-2H3,(H,36,41)(H,39,40)/t23-,24-,26-,30+/m0/s1. The molecule has 3 heterocycles. The van der Waals surface area contributed by atoms with Gasteiger partial charge in [0.25, 0.3) is 0 Å². The van der Waals surface area contributed by atoms with E-state index >= 15 is 4.39 Å². The number of aromatic nitrogens is 1. The number of anilines is 1. The third-order valence-electron chi connectivity index (χ3n) is 7.91. The molecule has 3 aromatic rings. The van der Waals surface area contributed by atoms with Gasteiger partial charge < -0.3 is 15.7 Å². The number of aromatic carboxylic acids is 1. The monoisotopic (exact) mass is 594 g/mol. The van der Waals surface area contributed by atoms with Crippen LogP contribution < -0.4 is 10.6 Å². The second-order valence-corrected chi connectivity index (χ2v) is 11.9. The number of hydrogen-bond donors (Lipinski definition) is 3. The van der Waals surface area contributed by atoms with Crippen LogP contribution >= 0.6 is 23.2 Å². The summed E-state index contributed by atoms with van der Waals surface area (Å²) >= 11 is 12.5. The molecule has 41 heavy (non-hydrogen) atoms. The summed E-state index contributed by atoms with van der Waals surface area (Å²) in [5, 5.41) is 25.5. The number of hydrogen-bond acceptors (Lipinski definition) is 6. The summed E-state index contributed by atoms with van der Waals surface area (Å²) in [4.78, 5) is 43.3. The van der Waals surface area contributed by atoms with E-state index < -0.39 is 46.5 Å². The van der Waals surface area contributed by atoms with Crippen LogP contribution in [0.2, 0.25) is 10.0 Å². The molecule has 1 fully saturated rings. The molecular weight excluding hydrogens is 570 g/mol. The highest BCUT2D eigenvalue weighted by molar-refractivity contribution is 6.31. The number of nitriles is 1. The third kappa shape index (κ3) is 4.86. The molecule has 5 rings (SSSR count). The predicted octanol–water partition coefficient (Wildman–Crippen LogP) is 5.29. The third-order valence-corrected chi connectivity index (χ3v) is 8.44. The van der Waals surface area contributed by atoms with E-state index in [4.69, 9.17) is 28.3 Å². The highest BCUT2D eigenvalue weighted by Crippen LogP contribution is 2.57. The van der Waals surface area contributed by atoms with Crippen molar-refractivity contribution in [3.63, 3.8) is 0 Å². The average molecular weight is 595 g/mol. The maximum Gasteiger partial charge on any atom is 0.354 e. The Morgan fingerprint density at radius 2 is 1.95 bits per heavy atom. The molecule has 0 unspecified atom stereocenters. The van der Waals surface area contributed by atoms with Crippen molar-refractivity contribution in [3.8, 4) is 6.07 Å². The van der Waals surface area contributed by atoms with Crippen LogP contribution in [0.1, 0.15) is 53.4 Å². The number of halogens is 3. The number of amides is 1. The van der Waals surface area contributed by atoms with Crippen LogP contribution in [0.3, 0.4) is 0 Å². The predicted molar refractivity (Wildman–Crippen MR) is 151 cm³/mol. The van der Waals surface area contributed by atoms with Crippen LogP contribution in [0.25, 0.3) is 0 Å². The fourth-order valence-electron chi connectivity index (χ4n) is 6.11. The molecule has 11 heteroatoms. The van der Waals surface area contributed by atoms with E-state index in [1.807, 2.05) is 0 Å². The van der Waals surface area contributed by atoms with E-state index in [9.17, 15) is 19.6 Å². The zero-order valence-electron chi connectivity index (χ0n) is 22.0. The van der Waals surface area contributed by atoms with Crippen molar-refractivity contribution < 1.29 is 23.9 Å². The van der Waals surface area contributed by atoms with Gasteiger partial charge >= 0.3 is 5.97 Å². The smallest absolute Gasteiger partial charge is 0.354 e. The number of fused-ring (bicyclic) bond motifs is 2. The van der Waals surface area contributed by atoms with Crippen LogP contribution in [-0.4, -0.2) is 39.8 Å². The molecule has 0 aliphatic carbocycles. The van der Waals surface area contributed by atoms with Crippen LogP contribution in [0, 0.1) is 22.6 Å². The molecule has 0 saturated carbocycles. The normalized spacial score (nSPS) is 23.2. The van der Waals surface area contributed by atoms with Gasteiger partial charge in [-0.15, -0.1) is 0 Å². The number of carbonyl (C=O) groups excluding carboxylic acids is 2. The molecule has 0 radical (unpaired) electrons. The number of carbonyl (C=O) groups is 3. The molecule has 2 aliphatic rings. The SMILES string of the molecule is CC(C)(C#N)C[C@@H]1N[C@@H](C(=O)Cc2ccc(C(=O)O)nc2)[C@H](c2cccc(Cl)c2F)[C@]12C(=O)Nc1cc(Cl)ccc12. The van der Waals surface area contributed by atoms with Gasteiger partial charge in [0.2, 0.25) is 5.91 Å². The van der Waals surface area contributed by atoms with E-state index in [1.54, 1.807) is 38.1 Å². The van der Waals surface area contributed by atoms with Gasteiger partial charge in [0.05, 0.1) is 22.5 Å². The van der Waals surface area contributed by atoms with Crippen molar-refractivity contribution in [1.29, 1.82) is 5.26 Å². The summed E-state index contributed by atoms with van der Waals surface area (Å²) < 4.78 is 15.8. The lowest BCUT2D eigenvalue weighted by Crippen LogP contribution is -2.50. The number of ketones is 1. The molecule has 4 atom stereocenters. The topological polar surface area (TPSA) is 132 Å². The first kappa shape index (κ1) is 28.7. The minimum Gasteiger partial charge on any atom is -0.477 e.